The van der Waals surface area contributed by atoms with Gasteiger partial charge in [-0.25, -0.2) is 0 Å². The zero-order valence-electron chi connectivity index (χ0n) is 25.4. The zero-order chi connectivity index (χ0) is 32.3. The lowest BCUT2D eigenvalue weighted by Crippen LogP contribution is -2.22. The Kier molecular flexibility index (Phi) is 7.95. The van der Waals surface area contributed by atoms with Crippen LogP contribution in [0.25, 0.3) is 32.8 Å². The van der Waals surface area contributed by atoms with Crippen LogP contribution in [0.3, 0.4) is 0 Å². The summed E-state index contributed by atoms with van der Waals surface area (Å²) in [5.41, 5.74) is 6.91. The highest BCUT2D eigenvalue weighted by molar-refractivity contribution is 6.11. The molecule has 1 aromatic heterocycles. The number of carbonyl (C=O) groups excluding carboxylic acids is 3. The molecule has 1 aliphatic heterocycles. The van der Waals surface area contributed by atoms with Crippen molar-refractivity contribution in [2.45, 2.75) is 20.0 Å². The molecule has 0 fully saturated rings. The first-order valence-electron chi connectivity index (χ1n) is 15.2. The summed E-state index contributed by atoms with van der Waals surface area (Å²) in [6.07, 6.45) is 4.45. The number of hydrogen-bond acceptors (Lipinski definition) is 5. The van der Waals surface area contributed by atoms with Crippen molar-refractivity contribution in [2.24, 2.45) is 0 Å². The van der Waals surface area contributed by atoms with Crippen molar-refractivity contribution in [1.29, 1.82) is 0 Å². The fraction of sp³-hybridized carbons (Fsp3) is 0.0789. The van der Waals surface area contributed by atoms with Crippen molar-refractivity contribution in [3.05, 3.63) is 138 Å². The van der Waals surface area contributed by atoms with Crippen molar-refractivity contribution in [2.75, 3.05) is 15.7 Å². The van der Waals surface area contributed by atoms with Crippen LogP contribution >= 0.6 is 0 Å². The van der Waals surface area contributed by atoms with Gasteiger partial charge in [0.15, 0.2) is 0 Å². The predicted molar refractivity (Wildman–Crippen MR) is 183 cm³/mol. The molecule has 232 valence electrons. The van der Waals surface area contributed by atoms with E-state index in [1.54, 1.807) is 36.8 Å². The number of hydroxylamine groups is 1. The highest BCUT2D eigenvalue weighted by atomic mass is 16.7. The number of fused-ring (bicyclic) bond motifs is 3. The van der Waals surface area contributed by atoms with E-state index >= 15 is 0 Å². The molecule has 0 radical (unpaired) electrons. The molecule has 0 unspecified atom stereocenters. The number of H-pyrrole nitrogens is 1. The molecular formula is C38H30N4O5. The molecule has 0 saturated heterocycles. The van der Waals surface area contributed by atoms with E-state index in [9.17, 15) is 14.4 Å². The SMILES string of the molecule is CCc1c(NC(=O)c2cc3cc(NC(=O)c4cc5ccocc-5c4)ccc3[nH]2)cc(N(C=O)OCc2ccccc2)c2ccccc12. The minimum atomic E-state index is -0.348. The Morgan fingerprint density at radius 3 is 2.43 bits per heavy atom. The van der Waals surface area contributed by atoms with E-state index in [4.69, 9.17) is 9.25 Å². The molecule has 0 bridgehead atoms. The molecule has 1 aliphatic carbocycles. The summed E-state index contributed by atoms with van der Waals surface area (Å²) in [6.45, 7) is 2.22. The molecule has 9 heteroatoms. The van der Waals surface area contributed by atoms with E-state index in [1.807, 2.05) is 85.8 Å². The van der Waals surface area contributed by atoms with Gasteiger partial charge in [-0.3, -0.25) is 19.2 Å². The number of rotatable bonds is 10. The summed E-state index contributed by atoms with van der Waals surface area (Å²) < 4.78 is 5.20. The fourth-order valence-electron chi connectivity index (χ4n) is 5.84. The number of nitrogens with one attached hydrogen (secondary N) is 3. The van der Waals surface area contributed by atoms with Crippen LogP contribution in [0.15, 0.2) is 120 Å². The lowest BCUT2D eigenvalue weighted by atomic mass is 9.98. The van der Waals surface area contributed by atoms with Crippen LogP contribution in [0.1, 0.15) is 38.9 Å². The number of anilines is 3. The van der Waals surface area contributed by atoms with Gasteiger partial charge in [0, 0.05) is 38.8 Å². The minimum absolute atomic E-state index is 0.197. The molecule has 7 rings (SSSR count). The van der Waals surface area contributed by atoms with Gasteiger partial charge < -0.3 is 20.0 Å². The monoisotopic (exact) mass is 622 g/mol. The van der Waals surface area contributed by atoms with Crippen LogP contribution in [0.5, 0.6) is 0 Å². The third-order valence-corrected chi connectivity index (χ3v) is 8.14. The van der Waals surface area contributed by atoms with Gasteiger partial charge in [0.05, 0.1) is 18.2 Å². The summed E-state index contributed by atoms with van der Waals surface area (Å²) in [6, 6.07) is 31.7. The number of aromatic nitrogens is 1. The Morgan fingerprint density at radius 1 is 0.851 bits per heavy atom. The molecule has 0 spiro atoms. The first-order chi connectivity index (χ1) is 23.0. The molecule has 2 aliphatic rings. The van der Waals surface area contributed by atoms with Crippen molar-refractivity contribution in [1.82, 2.24) is 4.98 Å². The average Bonchev–Trinajstić information content (AvgIpc) is 3.74. The van der Waals surface area contributed by atoms with Gasteiger partial charge in [-0.05, 0) is 77.0 Å². The standard InChI is InChI=1S/C38H30N4O5/c1-2-30-31-10-6-7-11-32(31)36(42(23-43)47-21-24-8-4-3-5-9-24)20-34(30)41-38(45)35-19-26-18-29(12-13-33(26)40-35)39-37(44)27-16-25-14-15-46-22-28(25)17-27/h3-20,22-23,40H,2,21H2,1H3,(H,39,44)(H,41,45). The van der Waals surface area contributed by atoms with Gasteiger partial charge >= 0.3 is 0 Å². The van der Waals surface area contributed by atoms with Gasteiger partial charge in [0.2, 0.25) is 6.41 Å². The molecule has 3 amide bonds. The molecule has 9 nitrogen and oxygen atoms in total. The van der Waals surface area contributed by atoms with Crippen molar-refractivity contribution in [3.8, 4) is 11.1 Å². The van der Waals surface area contributed by atoms with E-state index in [0.29, 0.717) is 41.2 Å². The average molecular weight is 623 g/mol. The van der Waals surface area contributed by atoms with E-state index in [-0.39, 0.29) is 18.4 Å². The predicted octanol–water partition coefficient (Wildman–Crippen LogP) is 8.18. The quantitative estimate of drug-likeness (QED) is 0.105. The van der Waals surface area contributed by atoms with Gasteiger partial charge in [0.25, 0.3) is 11.8 Å². The maximum atomic E-state index is 13.6. The van der Waals surface area contributed by atoms with Crippen molar-refractivity contribution >= 4 is 57.0 Å². The third kappa shape index (κ3) is 5.95. The Bertz CT molecular complexity index is 2190. The Hall–Kier alpha value is -6.19. The zero-order valence-corrected chi connectivity index (χ0v) is 25.4. The Labute approximate surface area is 270 Å². The Balaban J connectivity index is 1.15. The molecule has 0 saturated carbocycles. The maximum absolute atomic E-state index is 13.6. The van der Waals surface area contributed by atoms with Gasteiger partial charge in [0.1, 0.15) is 12.3 Å². The number of aryl methyl sites for hydroxylation is 1. The molecule has 3 N–H and O–H groups in total. The molecule has 0 atom stereocenters. The van der Waals surface area contributed by atoms with Crippen molar-refractivity contribution in [3.63, 3.8) is 0 Å². The lowest BCUT2D eigenvalue weighted by molar-refractivity contribution is -0.114. The van der Waals surface area contributed by atoms with Crippen LogP contribution in [0.4, 0.5) is 17.1 Å². The van der Waals surface area contributed by atoms with Crippen LogP contribution in [0.2, 0.25) is 0 Å². The highest BCUT2D eigenvalue weighted by Gasteiger charge is 2.20. The van der Waals surface area contributed by atoms with E-state index < -0.39 is 0 Å². The first kappa shape index (κ1) is 29.5. The van der Waals surface area contributed by atoms with E-state index in [1.165, 1.54) is 5.06 Å². The molecule has 4 aromatic carbocycles. The molecule has 5 aromatic rings. The number of nitrogens with zero attached hydrogens (tertiary/aromatic N) is 1. The maximum Gasteiger partial charge on any atom is 0.272 e. The minimum Gasteiger partial charge on any atom is -0.472 e. The normalized spacial score (nSPS) is 11.2. The second kappa shape index (κ2) is 12.7. The summed E-state index contributed by atoms with van der Waals surface area (Å²) in [7, 11) is 0. The number of carbonyl (C=O) groups is 3. The number of benzene rings is 4. The van der Waals surface area contributed by atoms with Gasteiger partial charge in [-0.2, -0.15) is 5.06 Å². The largest absolute Gasteiger partial charge is 0.472 e. The summed E-state index contributed by atoms with van der Waals surface area (Å²) in [5.74, 6) is -0.593. The van der Waals surface area contributed by atoms with E-state index in [0.717, 1.165) is 43.9 Å². The van der Waals surface area contributed by atoms with Crippen LogP contribution in [-0.2, 0) is 22.7 Å². The topological polar surface area (TPSA) is 117 Å². The van der Waals surface area contributed by atoms with Crippen LogP contribution in [0, 0.1) is 0 Å². The van der Waals surface area contributed by atoms with Crippen LogP contribution in [-0.4, -0.2) is 23.2 Å². The highest BCUT2D eigenvalue weighted by Crippen LogP contribution is 2.36. The third-order valence-electron chi connectivity index (χ3n) is 8.14. The van der Waals surface area contributed by atoms with Gasteiger partial charge in [-0.1, -0.05) is 61.5 Å². The first-order valence-corrected chi connectivity index (χ1v) is 15.2. The summed E-state index contributed by atoms with van der Waals surface area (Å²) in [4.78, 5) is 48.0. The smallest absolute Gasteiger partial charge is 0.272 e. The van der Waals surface area contributed by atoms with Crippen LogP contribution < -0.4 is 15.7 Å². The second-order valence-corrected chi connectivity index (χ2v) is 11.1. The van der Waals surface area contributed by atoms with Gasteiger partial charge in [-0.15, -0.1) is 0 Å². The summed E-state index contributed by atoms with van der Waals surface area (Å²) >= 11 is 0. The molecule has 2 heterocycles. The number of hydrogen-bond donors (Lipinski definition) is 3. The van der Waals surface area contributed by atoms with E-state index in [2.05, 4.69) is 15.6 Å². The number of aromatic amines is 1. The second-order valence-electron chi connectivity index (χ2n) is 11.1. The number of amides is 3. The molecular weight excluding hydrogens is 592 g/mol. The Morgan fingerprint density at radius 2 is 1.64 bits per heavy atom. The lowest BCUT2D eigenvalue weighted by Gasteiger charge is -2.22. The fourth-order valence-corrected chi connectivity index (χ4v) is 5.84. The molecule has 47 heavy (non-hydrogen) atoms. The van der Waals surface area contributed by atoms with Crippen molar-refractivity contribution < 1.29 is 23.6 Å². The summed E-state index contributed by atoms with van der Waals surface area (Å²) in [5, 5.41) is 9.69.